The van der Waals surface area contributed by atoms with Gasteiger partial charge < -0.3 is 9.72 Å². The zero-order valence-corrected chi connectivity index (χ0v) is 16.8. The molecule has 0 atom stereocenters. The number of aryl methyl sites for hydroxylation is 1. The van der Waals surface area contributed by atoms with Gasteiger partial charge in [-0.2, -0.15) is 0 Å². The lowest BCUT2D eigenvalue weighted by Gasteiger charge is -2.12. The zero-order valence-electron chi connectivity index (χ0n) is 16.0. The van der Waals surface area contributed by atoms with Crippen molar-refractivity contribution in [3.8, 4) is 16.8 Å². The summed E-state index contributed by atoms with van der Waals surface area (Å²) in [6.45, 7) is 1.96. The minimum absolute atomic E-state index is 0.0609. The van der Waals surface area contributed by atoms with E-state index in [2.05, 4.69) is 4.98 Å². The van der Waals surface area contributed by atoms with Crippen LogP contribution in [0.2, 0.25) is 0 Å². The van der Waals surface area contributed by atoms with Gasteiger partial charge in [0.1, 0.15) is 11.0 Å². The molecular weight excluding hydrogens is 386 g/mol. The van der Waals surface area contributed by atoms with Gasteiger partial charge in [-0.05, 0) is 30.2 Å². The second kappa shape index (κ2) is 7.97. The van der Waals surface area contributed by atoms with E-state index in [1.54, 1.807) is 6.20 Å². The molecule has 2 aromatic carbocycles. The van der Waals surface area contributed by atoms with E-state index in [0.717, 1.165) is 16.7 Å². The summed E-state index contributed by atoms with van der Waals surface area (Å²) in [6.07, 6.45) is 1.80. The van der Waals surface area contributed by atoms with E-state index in [4.69, 9.17) is 9.72 Å². The Labute approximate surface area is 171 Å². The Kier molecular flexibility index (Phi) is 5.22. The Hall–Kier alpha value is -3.32. The number of carbonyl (C=O) groups is 1. The minimum Gasteiger partial charge on any atom is -0.468 e. The van der Waals surface area contributed by atoms with E-state index in [0.29, 0.717) is 21.9 Å². The standard InChI is InChI=1S/C22H19N3O3S/c1-14-7-6-10-16(11-14)25-21(27)20-19(24-22(25)29-13-18(26)28-2)17(12-23-20)15-8-4-3-5-9-15/h3-12,23H,13H2,1-2H3. The monoisotopic (exact) mass is 405 g/mol. The van der Waals surface area contributed by atoms with Gasteiger partial charge in [0, 0.05) is 11.8 Å². The molecule has 0 aliphatic carbocycles. The SMILES string of the molecule is COC(=O)CSc1nc2c(-c3ccccc3)c[nH]c2c(=O)n1-c1cccc(C)c1. The summed E-state index contributed by atoms with van der Waals surface area (Å²) in [7, 11) is 1.34. The van der Waals surface area contributed by atoms with Crippen LogP contribution in [0.5, 0.6) is 0 Å². The maximum absolute atomic E-state index is 13.4. The molecule has 7 heteroatoms. The fourth-order valence-electron chi connectivity index (χ4n) is 3.15. The molecule has 6 nitrogen and oxygen atoms in total. The molecule has 2 heterocycles. The fraction of sp³-hybridized carbons (Fsp3) is 0.136. The van der Waals surface area contributed by atoms with Crippen molar-refractivity contribution >= 4 is 28.8 Å². The van der Waals surface area contributed by atoms with Gasteiger partial charge in [0.2, 0.25) is 0 Å². The molecule has 2 aromatic heterocycles. The maximum Gasteiger partial charge on any atom is 0.316 e. The summed E-state index contributed by atoms with van der Waals surface area (Å²) >= 11 is 1.18. The van der Waals surface area contributed by atoms with Crippen molar-refractivity contribution in [2.45, 2.75) is 12.1 Å². The topological polar surface area (TPSA) is 77.0 Å². The number of nitrogens with one attached hydrogen (secondary N) is 1. The Bertz CT molecular complexity index is 1250. The van der Waals surface area contributed by atoms with Crippen LogP contribution >= 0.6 is 11.8 Å². The van der Waals surface area contributed by atoms with Crippen molar-refractivity contribution in [1.29, 1.82) is 0 Å². The van der Waals surface area contributed by atoms with Gasteiger partial charge in [-0.15, -0.1) is 0 Å². The molecule has 4 aromatic rings. The van der Waals surface area contributed by atoms with Gasteiger partial charge in [-0.1, -0.05) is 54.2 Å². The molecule has 0 aliphatic rings. The molecular formula is C22H19N3O3S. The number of esters is 1. The molecule has 29 heavy (non-hydrogen) atoms. The second-order valence-electron chi connectivity index (χ2n) is 6.53. The third kappa shape index (κ3) is 3.69. The van der Waals surface area contributed by atoms with Crippen LogP contribution in [0.25, 0.3) is 27.8 Å². The van der Waals surface area contributed by atoms with E-state index in [9.17, 15) is 9.59 Å². The first-order valence-corrected chi connectivity index (χ1v) is 10.0. The number of rotatable bonds is 5. The number of thioether (sulfide) groups is 1. The van der Waals surface area contributed by atoms with Crippen molar-refractivity contribution < 1.29 is 9.53 Å². The number of carbonyl (C=O) groups excluding carboxylic acids is 1. The van der Waals surface area contributed by atoms with Crippen LogP contribution in [0.15, 0.2) is 70.7 Å². The predicted octanol–water partition coefficient (Wildman–Crippen LogP) is 3.95. The third-order valence-electron chi connectivity index (χ3n) is 4.56. The highest BCUT2D eigenvalue weighted by Crippen LogP contribution is 2.28. The lowest BCUT2D eigenvalue weighted by molar-refractivity contribution is -0.137. The molecule has 1 N–H and O–H groups in total. The normalized spacial score (nSPS) is 11.0. The summed E-state index contributed by atoms with van der Waals surface area (Å²) in [5.41, 5.74) is 4.32. The van der Waals surface area contributed by atoms with Crippen LogP contribution in [0.3, 0.4) is 0 Å². The summed E-state index contributed by atoms with van der Waals surface area (Å²) in [6, 6.07) is 17.4. The lowest BCUT2D eigenvalue weighted by Crippen LogP contribution is -2.22. The van der Waals surface area contributed by atoms with Crippen LogP contribution in [0, 0.1) is 6.92 Å². The molecule has 0 saturated heterocycles. The molecule has 4 rings (SSSR count). The third-order valence-corrected chi connectivity index (χ3v) is 5.47. The van der Waals surface area contributed by atoms with Crippen molar-refractivity contribution in [2.75, 3.05) is 12.9 Å². The molecule has 0 fully saturated rings. The first-order valence-electron chi connectivity index (χ1n) is 9.04. The predicted molar refractivity (Wildman–Crippen MR) is 115 cm³/mol. The number of fused-ring (bicyclic) bond motifs is 1. The molecule has 0 amide bonds. The number of nitrogens with zero attached hydrogens (tertiary/aromatic N) is 2. The van der Waals surface area contributed by atoms with Gasteiger partial charge in [-0.25, -0.2) is 4.98 Å². The largest absolute Gasteiger partial charge is 0.468 e. The number of hydrogen-bond acceptors (Lipinski definition) is 5. The van der Waals surface area contributed by atoms with Gasteiger partial charge in [0.05, 0.1) is 18.6 Å². The number of H-pyrrole nitrogens is 1. The average molecular weight is 405 g/mol. The summed E-state index contributed by atoms with van der Waals surface area (Å²) in [4.78, 5) is 32.9. The van der Waals surface area contributed by atoms with Crippen molar-refractivity contribution in [3.63, 3.8) is 0 Å². The highest BCUT2D eigenvalue weighted by molar-refractivity contribution is 7.99. The zero-order chi connectivity index (χ0) is 20.4. The quantitative estimate of drug-likeness (QED) is 0.309. The van der Waals surface area contributed by atoms with E-state index in [1.807, 2.05) is 61.5 Å². The van der Waals surface area contributed by atoms with Crippen molar-refractivity contribution in [2.24, 2.45) is 0 Å². The van der Waals surface area contributed by atoms with Crippen LogP contribution in [-0.4, -0.2) is 33.4 Å². The number of aromatic amines is 1. The number of ether oxygens (including phenoxy) is 1. The summed E-state index contributed by atoms with van der Waals surface area (Å²) < 4.78 is 6.29. The van der Waals surface area contributed by atoms with Crippen LogP contribution in [0.4, 0.5) is 0 Å². The van der Waals surface area contributed by atoms with Crippen LogP contribution < -0.4 is 5.56 Å². The van der Waals surface area contributed by atoms with Gasteiger partial charge >= 0.3 is 5.97 Å². The van der Waals surface area contributed by atoms with E-state index in [1.165, 1.54) is 23.4 Å². The Morgan fingerprint density at radius 3 is 2.69 bits per heavy atom. The second-order valence-corrected chi connectivity index (χ2v) is 7.47. The van der Waals surface area contributed by atoms with Crippen molar-refractivity contribution in [3.05, 3.63) is 76.7 Å². The summed E-state index contributed by atoms with van der Waals surface area (Å²) in [5, 5.41) is 0.440. The first kappa shape index (κ1) is 19.0. The van der Waals surface area contributed by atoms with Crippen LogP contribution in [-0.2, 0) is 9.53 Å². The Morgan fingerprint density at radius 2 is 1.97 bits per heavy atom. The fourth-order valence-corrected chi connectivity index (χ4v) is 3.99. The lowest BCUT2D eigenvalue weighted by atomic mass is 10.1. The number of benzene rings is 2. The van der Waals surface area contributed by atoms with E-state index >= 15 is 0 Å². The average Bonchev–Trinajstić information content (AvgIpc) is 3.17. The van der Waals surface area contributed by atoms with Crippen LogP contribution in [0.1, 0.15) is 5.56 Å². The molecule has 0 bridgehead atoms. The number of aromatic nitrogens is 3. The first-order chi connectivity index (χ1) is 14.1. The highest BCUT2D eigenvalue weighted by Gasteiger charge is 2.18. The summed E-state index contributed by atoms with van der Waals surface area (Å²) in [5.74, 6) is -0.316. The molecule has 0 aliphatic heterocycles. The Balaban J connectivity index is 1.95. The number of hydrogen-bond donors (Lipinski definition) is 1. The highest BCUT2D eigenvalue weighted by atomic mass is 32.2. The van der Waals surface area contributed by atoms with E-state index in [-0.39, 0.29) is 17.3 Å². The molecule has 0 saturated carbocycles. The number of methoxy groups -OCH3 is 1. The molecule has 0 unspecified atom stereocenters. The van der Waals surface area contributed by atoms with Gasteiger partial charge in [-0.3, -0.25) is 14.2 Å². The van der Waals surface area contributed by atoms with E-state index < -0.39 is 0 Å². The molecule has 146 valence electrons. The maximum atomic E-state index is 13.4. The van der Waals surface area contributed by atoms with Gasteiger partial charge in [0.15, 0.2) is 5.16 Å². The van der Waals surface area contributed by atoms with Gasteiger partial charge in [0.25, 0.3) is 5.56 Å². The smallest absolute Gasteiger partial charge is 0.316 e. The Morgan fingerprint density at radius 1 is 1.17 bits per heavy atom. The minimum atomic E-state index is -0.377. The molecule has 0 spiro atoms. The molecule has 0 radical (unpaired) electrons. The van der Waals surface area contributed by atoms with Crippen molar-refractivity contribution in [1.82, 2.24) is 14.5 Å².